The summed E-state index contributed by atoms with van der Waals surface area (Å²) >= 11 is 3.52. The van der Waals surface area contributed by atoms with Gasteiger partial charge in [-0.1, -0.05) is 12.1 Å². The van der Waals surface area contributed by atoms with Crippen LogP contribution >= 0.6 is 15.9 Å². The van der Waals surface area contributed by atoms with Gasteiger partial charge in [0.2, 0.25) is 5.91 Å². The van der Waals surface area contributed by atoms with Gasteiger partial charge < -0.3 is 10.2 Å². The fourth-order valence-electron chi connectivity index (χ4n) is 2.69. The van der Waals surface area contributed by atoms with Crippen molar-refractivity contribution in [1.29, 1.82) is 0 Å². The average molecular weight is 310 g/mol. The number of rotatable bonds is 1. The molecule has 2 fully saturated rings. The molecule has 0 spiro atoms. The number of fused-ring (bicyclic) bond motifs is 1. The highest BCUT2D eigenvalue weighted by molar-refractivity contribution is 9.10. The van der Waals surface area contributed by atoms with Crippen molar-refractivity contribution in [3.63, 3.8) is 0 Å². The van der Waals surface area contributed by atoms with Crippen LogP contribution in [-0.2, 0) is 4.79 Å². The maximum atomic E-state index is 12.5. The van der Waals surface area contributed by atoms with E-state index < -0.39 is 0 Å². The number of nitrogens with zero attached hydrogens (tertiary/aromatic N) is 2. The first-order chi connectivity index (χ1) is 8.77. The summed E-state index contributed by atoms with van der Waals surface area (Å²) in [7, 11) is 0. The summed E-state index contributed by atoms with van der Waals surface area (Å²) in [5.41, 5.74) is 0.979. The molecule has 0 saturated carbocycles. The summed E-state index contributed by atoms with van der Waals surface area (Å²) in [4.78, 5) is 16.7. The first-order valence-electron chi connectivity index (χ1n) is 6.28. The van der Waals surface area contributed by atoms with Gasteiger partial charge in [-0.15, -0.1) is 0 Å². The Balaban J connectivity index is 1.86. The number of piperazine rings is 2. The van der Waals surface area contributed by atoms with Gasteiger partial charge in [0.25, 0.3) is 0 Å². The molecule has 0 radical (unpaired) electrons. The second-order valence-electron chi connectivity index (χ2n) is 4.70. The summed E-state index contributed by atoms with van der Waals surface area (Å²) in [5.74, 6) is 0.209. The molecule has 1 amide bonds. The average Bonchev–Trinajstić information content (AvgIpc) is 2.41. The quantitative estimate of drug-likeness (QED) is 0.843. The van der Waals surface area contributed by atoms with Gasteiger partial charge in [-0.05, 0) is 28.1 Å². The van der Waals surface area contributed by atoms with Crippen LogP contribution in [0.2, 0.25) is 0 Å². The normalized spacial score (nSPS) is 25.1. The Kier molecular flexibility index (Phi) is 3.37. The molecule has 2 aliphatic rings. The molecule has 1 unspecified atom stereocenters. The Hall–Kier alpha value is -0.910. The Morgan fingerprint density at radius 1 is 1.22 bits per heavy atom. The van der Waals surface area contributed by atoms with Crippen molar-refractivity contribution < 1.29 is 4.79 Å². The van der Waals surface area contributed by atoms with E-state index in [-0.39, 0.29) is 11.9 Å². The summed E-state index contributed by atoms with van der Waals surface area (Å²) in [6.45, 7) is 4.45. The van der Waals surface area contributed by atoms with Gasteiger partial charge in [0, 0.05) is 37.2 Å². The molecule has 96 valence electrons. The molecule has 0 aliphatic carbocycles. The molecule has 0 bridgehead atoms. The van der Waals surface area contributed by atoms with Crippen molar-refractivity contribution in [3.05, 3.63) is 28.7 Å². The Labute approximate surface area is 115 Å². The standard InChI is InChI=1S/C13H16BrN3O/c14-10-3-1-2-4-11(10)17-8-7-16-6-5-15-9-12(16)13(17)18/h1-4,12,15H,5-9H2. The van der Waals surface area contributed by atoms with Crippen molar-refractivity contribution in [1.82, 2.24) is 10.2 Å². The topological polar surface area (TPSA) is 35.6 Å². The molecule has 3 rings (SSSR count). The van der Waals surface area contributed by atoms with E-state index in [4.69, 9.17) is 0 Å². The number of halogens is 1. The van der Waals surface area contributed by atoms with E-state index in [2.05, 4.69) is 26.1 Å². The van der Waals surface area contributed by atoms with Crippen molar-refractivity contribution >= 4 is 27.5 Å². The zero-order chi connectivity index (χ0) is 12.5. The third-order valence-corrected chi connectivity index (χ3v) is 4.33. The predicted molar refractivity (Wildman–Crippen MR) is 74.7 cm³/mol. The fourth-order valence-corrected chi connectivity index (χ4v) is 3.18. The second kappa shape index (κ2) is 4.99. The summed E-state index contributed by atoms with van der Waals surface area (Å²) in [6.07, 6.45) is 0. The third-order valence-electron chi connectivity index (χ3n) is 3.66. The monoisotopic (exact) mass is 309 g/mol. The van der Waals surface area contributed by atoms with Gasteiger partial charge in [0.05, 0.1) is 5.69 Å². The van der Waals surface area contributed by atoms with Crippen LogP contribution in [-0.4, -0.2) is 49.6 Å². The summed E-state index contributed by atoms with van der Waals surface area (Å²) in [5, 5.41) is 3.30. The Morgan fingerprint density at radius 2 is 2.06 bits per heavy atom. The maximum Gasteiger partial charge on any atom is 0.245 e. The highest BCUT2D eigenvalue weighted by atomic mass is 79.9. The number of amides is 1. The van der Waals surface area contributed by atoms with Crippen LogP contribution in [0.25, 0.3) is 0 Å². The largest absolute Gasteiger partial charge is 0.313 e. The minimum Gasteiger partial charge on any atom is -0.313 e. The zero-order valence-corrected chi connectivity index (χ0v) is 11.7. The number of carbonyl (C=O) groups excluding carboxylic acids is 1. The van der Waals surface area contributed by atoms with E-state index in [0.29, 0.717) is 0 Å². The SMILES string of the molecule is O=C1C2CNCCN2CCN1c1ccccc1Br. The zero-order valence-electron chi connectivity index (χ0n) is 10.1. The van der Waals surface area contributed by atoms with Crippen molar-refractivity contribution in [3.8, 4) is 0 Å². The van der Waals surface area contributed by atoms with Crippen molar-refractivity contribution in [2.45, 2.75) is 6.04 Å². The molecule has 1 atom stereocenters. The molecule has 1 aromatic carbocycles. The number of carbonyl (C=O) groups is 1. The number of para-hydroxylation sites is 1. The van der Waals surface area contributed by atoms with Crippen LogP contribution in [0, 0.1) is 0 Å². The van der Waals surface area contributed by atoms with E-state index in [9.17, 15) is 4.79 Å². The fraction of sp³-hybridized carbons (Fsp3) is 0.462. The molecule has 1 N–H and O–H groups in total. The number of nitrogens with one attached hydrogen (secondary N) is 1. The lowest BCUT2D eigenvalue weighted by atomic mass is 10.1. The molecular formula is C13H16BrN3O. The van der Waals surface area contributed by atoms with Crippen LogP contribution in [0.1, 0.15) is 0 Å². The van der Waals surface area contributed by atoms with Crippen LogP contribution in [0.3, 0.4) is 0 Å². The first-order valence-corrected chi connectivity index (χ1v) is 7.07. The van der Waals surface area contributed by atoms with E-state index in [0.717, 1.165) is 42.9 Å². The molecule has 0 aromatic heterocycles. The minimum atomic E-state index is -0.000365. The molecule has 18 heavy (non-hydrogen) atoms. The van der Waals surface area contributed by atoms with Gasteiger partial charge in [-0.3, -0.25) is 9.69 Å². The molecule has 2 aliphatic heterocycles. The second-order valence-corrected chi connectivity index (χ2v) is 5.55. The minimum absolute atomic E-state index is 0.000365. The molecule has 5 heteroatoms. The highest BCUT2D eigenvalue weighted by Crippen LogP contribution is 2.28. The van der Waals surface area contributed by atoms with E-state index in [1.54, 1.807) is 0 Å². The summed E-state index contributed by atoms with van der Waals surface area (Å²) in [6, 6.07) is 7.91. The van der Waals surface area contributed by atoms with Crippen molar-refractivity contribution in [2.75, 3.05) is 37.6 Å². The van der Waals surface area contributed by atoms with E-state index >= 15 is 0 Å². The maximum absolute atomic E-state index is 12.5. The molecule has 4 nitrogen and oxygen atoms in total. The van der Waals surface area contributed by atoms with Crippen molar-refractivity contribution in [2.24, 2.45) is 0 Å². The Bertz CT molecular complexity index is 465. The Morgan fingerprint density at radius 3 is 2.89 bits per heavy atom. The lowest BCUT2D eigenvalue weighted by Crippen LogP contribution is -2.64. The van der Waals surface area contributed by atoms with E-state index in [1.165, 1.54) is 0 Å². The molecule has 2 saturated heterocycles. The number of anilines is 1. The van der Waals surface area contributed by atoms with Gasteiger partial charge in [0.15, 0.2) is 0 Å². The first kappa shape index (κ1) is 12.1. The number of hydrogen-bond acceptors (Lipinski definition) is 3. The lowest BCUT2D eigenvalue weighted by Gasteiger charge is -2.43. The van der Waals surface area contributed by atoms with Gasteiger partial charge in [-0.25, -0.2) is 0 Å². The molecular weight excluding hydrogens is 294 g/mol. The van der Waals surface area contributed by atoms with Crippen LogP contribution in [0.15, 0.2) is 28.7 Å². The molecule has 1 aromatic rings. The predicted octanol–water partition coefficient (Wildman–Crippen LogP) is 1.07. The smallest absolute Gasteiger partial charge is 0.245 e. The van der Waals surface area contributed by atoms with Gasteiger partial charge in [0.1, 0.15) is 6.04 Å². The van der Waals surface area contributed by atoms with Crippen LogP contribution in [0.5, 0.6) is 0 Å². The lowest BCUT2D eigenvalue weighted by molar-refractivity contribution is -0.126. The van der Waals surface area contributed by atoms with E-state index in [1.807, 2.05) is 29.2 Å². The number of benzene rings is 1. The number of hydrogen-bond donors (Lipinski definition) is 1. The van der Waals surface area contributed by atoms with Crippen LogP contribution in [0.4, 0.5) is 5.69 Å². The molecule has 2 heterocycles. The highest BCUT2D eigenvalue weighted by Gasteiger charge is 2.36. The van der Waals surface area contributed by atoms with Gasteiger partial charge >= 0.3 is 0 Å². The summed E-state index contributed by atoms with van der Waals surface area (Å²) < 4.78 is 0.982. The van der Waals surface area contributed by atoms with Gasteiger partial charge in [-0.2, -0.15) is 0 Å². The third kappa shape index (κ3) is 2.06. The van der Waals surface area contributed by atoms with Crippen LogP contribution < -0.4 is 10.2 Å².